The van der Waals surface area contributed by atoms with E-state index in [1.165, 1.54) is 23.3 Å². The van der Waals surface area contributed by atoms with Crippen molar-refractivity contribution >= 4 is 11.9 Å². The maximum Gasteiger partial charge on any atom is 0.335 e. The SMILES string of the molecule is CC1CC(C)(C)C2=C1CC(C(=O)O)(c1ccc(C(=O)O)cc1)C=C2. The highest BCUT2D eigenvalue weighted by atomic mass is 16.4. The van der Waals surface area contributed by atoms with Gasteiger partial charge in [-0.3, -0.25) is 4.79 Å². The van der Waals surface area contributed by atoms with Crippen LogP contribution in [0.3, 0.4) is 0 Å². The number of aromatic carboxylic acids is 1. The van der Waals surface area contributed by atoms with Crippen LogP contribution in [0.15, 0.2) is 47.6 Å². The Morgan fingerprint density at radius 3 is 2.29 bits per heavy atom. The van der Waals surface area contributed by atoms with Crippen LogP contribution in [-0.2, 0) is 10.2 Å². The molecule has 0 heterocycles. The van der Waals surface area contributed by atoms with Gasteiger partial charge in [-0.1, -0.05) is 50.6 Å². The number of carbonyl (C=O) groups is 2. The van der Waals surface area contributed by atoms with E-state index in [0.717, 1.165) is 6.42 Å². The lowest BCUT2D eigenvalue weighted by Gasteiger charge is -2.33. The van der Waals surface area contributed by atoms with Crippen molar-refractivity contribution in [2.24, 2.45) is 11.3 Å². The van der Waals surface area contributed by atoms with Crippen molar-refractivity contribution in [1.82, 2.24) is 0 Å². The zero-order valence-corrected chi connectivity index (χ0v) is 14.2. The minimum absolute atomic E-state index is 0.0725. The molecule has 2 unspecified atom stereocenters. The summed E-state index contributed by atoms with van der Waals surface area (Å²) in [6.45, 7) is 6.56. The first kappa shape index (κ1) is 16.5. The van der Waals surface area contributed by atoms with Crippen LogP contribution in [0, 0.1) is 11.3 Å². The van der Waals surface area contributed by atoms with Crippen molar-refractivity contribution in [2.75, 3.05) is 0 Å². The first-order valence-electron chi connectivity index (χ1n) is 8.17. The fraction of sp³-hybridized carbons (Fsp3) is 0.400. The Labute approximate surface area is 141 Å². The van der Waals surface area contributed by atoms with E-state index in [4.69, 9.17) is 5.11 Å². The predicted octanol–water partition coefficient (Wildman–Crippen LogP) is 4.03. The lowest BCUT2D eigenvalue weighted by Crippen LogP contribution is -2.36. The minimum atomic E-state index is -1.12. The molecule has 24 heavy (non-hydrogen) atoms. The van der Waals surface area contributed by atoms with Gasteiger partial charge in [0, 0.05) is 0 Å². The minimum Gasteiger partial charge on any atom is -0.480 e. The van der Waals surface area contributed by atoms with Crippen LogP contribution in [0.2, 0.25) is 0 Å². The maximum atomic E-state index is 12.2. The molecule has 0 saturated carbocycles. The molecule has 0 aliphatic heterocycles. The molecule has 0 aromatic heterocycles. The van der Waals surface area contributed by atoms with E-state index in [1.54, 1.807) is 18.2 Å². The number of benzene rings is 1. The van der Waals surface area contributed by atoms with Gasteiger partial charge in [-0.05, 0) is 47.4 Å². The molecule has 126 valence electrons. The molecule has 2 aliphatic carbocycles. The molecule has 0 saturated heterocycles. The number of hydrogen-bond donors (Lipinski definition) is 2. The van der Waals surface area contributed by atoms with Gasteiger partial charge in [0.05, 0.1) is 5.56 Å². The molecule has 1 aromatic carbocycles. The Bertz CT molecular complexity index is 767. The van der Waals surface area contributed by atoms with Crippen molar-refractivity contribution in [3.63, 3.8) is 0 Å². The third kappa shape index (κ3) is 2.37. The summed E-state index contributed by atoms with van der Waals surface area (Å²) in [4.78, 5) is 23.2. The highest BCUT2D eigenvalue weighted by molar-refractivity contribution is 5.89. The lowest BCUT2D eigenvalue weighted by molar-refractivity contribution is -0.142. The molecule has 0 fully saturated rings. The monoisotopic (exact) mass is 326 g/mol. The van der Waals surface area contributed by atoms with Gasteiger partial charge in [0.25, 0.3) is 0 Å². The third-order valence-corrected chi connectivity index (χ3v) is 5.52. The fourth-order valence-electron chi connectivity index (χ4n) is 4.26. The smallest absolute Gasteiger partial charge is 0.335 e. The van der Waals surface area contributed by atoms with E-state index >= 15 is 0 Å². The topological polar surface area (TPSA) is 74.6 Å². The van der Waals surface area contributed by atoms with Crippen LogP contribution in [0.1, 0.15) is 49.5 Å². The zero-order valence-electron chi connectivity index (χ0n) is 14.2. The molecular weight excluding hydrogens is 304 g/mol. The maximum absolute atomic E-state index is 12.2. The Kier molecular flexibility index (Phi) is 3.67. The second kappa shape index (κ2) is 5.33. The quantitative estimate of drug-likeness (QED) is 0.879. The van der Waals surface area contributed by atoms with Crippen LogP contribution < -0.4 is 0 Å². The molecule has 4 nitrogen and oxygen atoms in total. The molecular formula is C20H22O4. The highest BCUT2D eigenvalue weighted by Gasteiger charge is 2.46. The van der Waals surface area contributed by atoms with Gasteiger partial charge in [0.1, 0.15) is 5.41 Å². The molecule has 2 aliphatic rings. The van der Waals surface area contributed by atoms with Crippen LogP contribution in [-0.4, -0.2) is 22.2 Å². The first-order chi connectivity index (χ1) is 11.2. The first-order valence-corrected chi connectivity index (χ1v) is 8.17. The second-order valence-electron chi connectivity index (χ2n) is 7.60. The lowest BCUT2D eigenvalue weighted by atomic mass is 9.69. The number of carboxylic acids is 2. The number of aliphatic carboxylic acids is 1. The van der Waals surface area contributed by atoms with E-state index < -0.39 is 17.4 Å². The van der Waals surface area contributed by atoms with E-state index in [-0.39, 0.29) is 11.0 Å². The average molecular weight is 326 g/mol. The molecule has 4 heteroatoms. The molecule has 0 bridgehead atoms. The molecule has 0 amide bonds. The summed E-state index contributed by atoms with van der Waals surface area (Å²) in [5, 5.41) is 19.0. The summed E-state index contributed by atoms with van der Waals surface area (Å²) >= 11 is 0. The van der Waals surface area contributed by atoms with Gasteiger partial charge >= 0.3 is 11.9 Å². The van der Waals surface area contributed by atoms with Gasteiger partial charge in [0.15, 0.2) is 0 Å². The summed E-state index contributed by atoms with van der Waals surface area (Å²) < 4.78 is 0. The summed E-state index contributed by atoms with van der Waals surface area (Å²) in [6.07, 6.45) is 5.23. The molecule has 0 spiro atoms. The Morgan fingerprint density at radius 1 is 1.12 bits per heavy atom. The van der Waals surface area contributed by atoms with E-state index in [1.807, 2.05) is 6.08 Å². The van der Waals surface area contributed by atoms with Crippen molar-refractivity contribution in [3.8, 4) is 0 Å². The van der Waals surface area contributed by atoms with E-state index in [0.29, 0.717) is 17.9 Å². The Balaban J connectivity index is 2.05. The van der Waals surface area contributed by atoms with Crippen LogP contribution in [0.25, 0.3) is 0 Å². The van der Waals surface area contributed by atoms with Crippen LogP contribution in [0.4, 0.5) is 0 Å². The normalized spacial score (nSPS) is 27.9. The van der Waals surface area contributed by atoms with E-state index in [2.05, 4.69) is 20.8 Å². The van der Waals surface area contributed by atoms with Gasteiger partial charge in [-0.15, -0.1) is 0 Å². The Hall–Kier alpha value is -2.36. The summed E-state index contributed by atoms with van der Waals surface area (Å²) in [5.74, 6) is -1.55. The number of allylic oxidation sites excluding steroid dienone is 3. The standard InChI is InChI=1S/C20H22O4/c1-12-10-19(2,3)16-8-9-20(18(23)24,11-15(12)16)14-6-4-13(5-7-14)17(21)22/h4-9,12H,10-11H2,1-3H3,(H,21,22)(H,23,24). The number of carboxylic acid groups (broad SMARTS) is 2. The molecule has 1 aromatic rings. The van der Waals surface area contributed by atoms with Gasteiger partial charge in [-0.25, -0.2) is 4.79 Å². The van der Waals surface area contributed by atoms with Crippen LogP contribution >= 0.6 is 0 Å². The number of hydrogen-bond acceptors (Lipinski definition) is 2. The summed E-state index contributed by atoms with van der Waals surface area (Å²) in [5.41, 5.74) is 2.21. The van der Waals surface area contributed by atoms with Gasteiger partial charge < -0.3 is 10.2 Å². The molecule has 2 atom stereocenters. The third-order valence-electron chi connectivity index (χ3n) is 5.52. The summed E-state index contributed by atoms with van der Waals surface area (Å²) in [6, 6.07) is 6.20. The largest absolute Gasteiger partial charge is 0.480 e. The summed E-state index contributed by atoms with van der Waals surface area (Å²) in [7, 11) is 0. The van der Waals surface area contributed by atoms with Crippen LogP contribution in [0.5, 0.6) is 0 Å². The average Bonchev–Trinajstić information content (AvgIpc) is 2.76. The van der Waals surface area contributed by atoms with Crippen molar-refractivity contribution < 1.29 is 19.8 Å². The molecule has 3 rings (SSSR count). The van der Waals surface area contributed by atoms with Crippen molar-refractivity contribution in [2.45, 2.75) is 39.0 Å². The van der Waals surface area contributed by atoms with Gasteiger partial charge in [0.2, 0.25) is 0 Å². The fourth-order valence-corrected chi connectivity index (χ4v) is 4.26. The van der Waals surface area contributed by atoms with E-state index in [9.17, 15) is 14.7 Å². The van der Waals surface area contributed by atoms with Crippen molar-refractivity contribution in [3.05, 3.63) is 58.7 Å². The molecule has 0 radical (unpaired) electrons. The van der Waals surface area contributed by atoms with Crippen molar-refractivity contribution in [1.29, 1.82) is 0 Å². The second-order valence-corrected chi connectivity index (χ2v) is 7.60. The predicted molar refractivity (Wildman–Crippen MR) is 91.1 cm³/mol. The Morgan fingerprint density at radius 2 is 1.75 bits per heavy atom. The highest BCUT2D eigenvalue weighted by Crippen LogP contribution is 2.53. The number of rotatable bonds is 3. The van der Waals surface area contributed by atoms with Gasteiger partial charge in [-0.2, -0.15) is 0 Å². The molecule has 2 N–H and O–H groups in total. The zero-order chi connectivity index (χ0) is 17.7.